The molecule has 6 heteroatoms. The van der Waals surface area contributed by atoms with Crippen molar-refractivity contribution >= 4 is 15.9 Å². The number of carbonyl (C=O) groups is 1. The maximum atomic E-state index is 12.0. The van der Waals surface area contributed by atoms with Crippen molar-refractivity contribution < 1.29 is 13.2 Å². The maximum Gasteiger partial charge on any atom is 0.223 e. The SMILES string of the molecule is CC(C)(C)CC(=O)N1CC2C(C1)C2(C)C.CS(N)(=O)=O. The molecule has 2 aliphatic rings. The van der Waals surface area contributed by atoms with Crippen molar-refractivity contribution in [1.82, 2.24) is 4.90 Å². The lowest BCUT2D eigenvalue weighted by atomic mass is 9.91. The van der Waals surface area contributed by atoms with Crippen LogP contribution in [0.15, 0.2) is 0 Å². The minimum absolute atomic E-state index is 0.124. The average Bonchev–Trinajstić information content (AvgIpc) is 2.58. The molecule has 1 aliphatic carbocycles. The number of primary sulfonamides is 1. The third-order valence-electron chi connectivity index (χ3n) is 4.16. The number of sulfonamides is 1. The van der Waals surface area contributed by atoms with Crippen molar-refractivity contribution in [2.75, 3.05) is 19.3 Å². The van der Waals surface area contributed by atoms with Crippen LogP contribution in [0, 0.1) is 22.7 Å². The zero-order valence-electron chi connectivity index (χ0n) is 13.4. The second-order valence-electron chi connectivity index (χ2n) is 7.90. The van der Waals surface area contributed by atoms with E-state index < -0.39 is 10.0 Å². The molecule has 2 atom stereocenters. The molecule has 0 radical (unpaired) electrons. The molecule has 1 saturated heterocycles. The Kier molecular flexibility index (Phi) is 4.62. The van der Waals surface area contributed by atoms with Crippen LogP contribution < -0.4 is 5.14 Å². The molecule has 0 spiro atoms. The fourth-order valence-corrected chi connectivity index (χ4v) is 2.90. The highest BCUT2D eigenvalue weighted by molar-refractivity contribution is 7.88. The van der Waals surface area contributed by atoms with Gasteiger partial charge in [-0.05, 0) is 22.7 Å². The van der Waals surface area contributed by atoms with Crippen LogP contribution in [-0.4, -0.2) is 38.6 Å². The van der Waals surface area contributed by atoms with Gasteiger partial charge in [-0.3, -0.25) is 4.79 Å². The maximum absolute atomic E-state index is 12.0. The van der Waals surface area contributed by atoms with Gasteiger partial charge in [-0.1, -0.05) is 34.6 Å². The molecule has 1 aliphatic heterocycles. The topological polar surface area (TPSA) is 80.5 Å². The Hall–Kier alpha value is -0.620. The smallest absolute Gasteiger partial charge is 0.223 e. The van der Waals surface area contributed by atoms with Crippen molar-refractivity contribution in [3.05, 3.63) is 0 Å². The standard InChI is InChI=1S/C13H23NO.CH5NO2S/c1-12(2,3)6-11(15)14-7-9-10(8-14)13(9,4)5;1-5(2,3)4/h9-10H,6-8H2,1-5H3;1H3,(H2,2,3,4). The van der Waals surface area contributed by atoms with Gasteiger partial charge in [0.1, 0.15) is 0 Å². The first kappa shape index (κ1) is 17.4. The Balaban J connectivity index is 0.000000347. The molecule has 0 aromatic heterocycles. The van der Waals surface area contributed by atoms with Gasteiger partial charge in [0.2, 0.25) is 15.9 Å². The summed E-state index contributed by atoms with van der Waals surface area (Å²) in [5, 5.41) is 4.33. The quantitative estimate of drug-likeness (QED) is 0.796. The number of fused-ring (bicyclic) bond motifs is 1. The van der Waals surface area contributed by atoms with Gasteiger partial charge in [0, 0.05) is 19.5 Å². The van der Waals surface area contributed by atoms with Gasteiger partial charge < -0.3 is 4.90 Å². The molecular formula is C14H28N2O3S. The van der Waals surface area contributed by atoms with E-state index in [0.717, 1.165) is 31.2 Å². The zero-order chi connectivity index (χ0) is 15.9. The first-order valence-corrected chi connectivity index (χ1v) is 8.93. The van der Waals surface area contributed by atoms with E-state index in [4.69, 9.17) is 0 Å². The number of nitrogens with zero attached hydrogens (tertiary/aromatic N) is 1. The number of amides is 1. The van der Waals surface area contributed by atoms with Crippen molar-refractivity contribution in [1.29, 1.82) is 0 Å². The Labute approximate surface area is 122 Å². The average molecular weight is 304 g/mol. The van der Waals surface area contributed by atoms with Crippen LogP contribution in [0.2, 0.25) is 0 Å². The van der Waals surface area contributed by atoms with Crippen LogP contribution in [0.3, 0.4) is 0 Å². The summed E-state index contributed by atoms with van der Waals surface area (Å²) in [7, 11) is -3.17. The molecule has 2 N–H and O–H groups in total. The van der Waals surface area contributed by atoms with Gasteiger partial charge in [-0.25, -0.2) is 13.6 Å². The second kappa shape index (κ2) is 5.30. The minimum Gasteiger partial charge on any atom is -0.342 e. The van der Waals surface area contributed by atoms with Crippen LogP contribution in [0.4, 0.5) is 0 Å². The Morgan fingerprint density at radius 2 is 1.60 bits per heavy atom. The first-order valence-electron chi connectivity index (χ1n) is 6.97. The van der Waals surface area contributed by atoms with Crippen molar-refractivity contribution in [3.63, 3.8) is 0 Å². The number of rotatable bonds is 1. The monoisotopic (exact) mass is 304 g/mol. The van der Waals surface area contributed by atoms with Crippen LogP contribution >= 0.6 is 0 Å². The molecule has 118 valence electrons. The van der Waals surface area contributed by atoms with Gasteiger partial charge in [0.25, 0.3) is 0 Å². The summed E-state index contributed by atoms with van der Waals surface area (Å²) in [4.78, 5) is 14.0. The largest absolute Gasteiger partial charge is 0.342 e. The van der Waals surface area contributed by atoms with E-state index >= 15 is 0 Å². The van der Waals surface area contributed by atoms with Crippen molar-refractivity contribution in [2.45, 2.75) is 41.0 Å². The first-order chi connectivity index (χ1) is 8.72. The van der Waals surface area contributed by atoms with E-state index in [9.17, 15) is 13.2 Å². The van der Waals surface area contributed by atoms with Gasteiger partial charge >= 0.3 is 0 Å². The Morgan fingerprint density at radius 3 is 1.90 bits per heavy atom. The van der Waals surface area contributed by atoms with E-state index in [-0.39, 0.29) is 5.41 Å². The zero-order valence-corrected chi connectivity index (χ0v) is 14.3. The molecule has 0 aromatic rings. The molecule has 2 unspecified atom stereocenters. The summed E-state index contributed by atoms with van der Waals surface area (Å²) in [6.45, 7) is 13.1. The highest BCUT2D eigenvalue weighted by Crippen LogP contribution is 2.62. The third kappa shape index (κ3) is 5.05. The number of hydrogen-bond donors (Lipinski definition) is 1. The predicted octanol–water partition coefficient (Wildman–Crippen LogP) is 1.44. The lowest BCUT2D eigenvalue weighted by Gasteiger charge is -2.26. The summed E-state index contributed by atoms with van der Waals surface area (Å²) in [5.74, 6) is 1.91. The number of hydrogen-bond acceptors (Lipinski definition) is 3. The van der Waals surface area contributed by atoms with Crippen LogP contribution in [0.5, 0.6) is 0 Å². The van der Waals surface area contributed by atoms with Gasteiger partial charge in [0.05, 0.1) is 6.26 Å². The highest BCUT2D eigenvalue weighted by atomic mass is 32.2. The molecule has 2 fully saturated rings. The van der Waals surface area contributed by atoms with E-state index in [1.807, 2.05) is 0 Å². The summed E-state index contributed by atoms with van der Waals surface area (Å²) in [5.41, 5.74) is 0.637. The molecule has 5 nitrogen and oxygen atoms in total. The minimum atomic E-state index is -3.17. The lowest BCUT2D eigenvalue weighted by Crippen LogP contribution is -2.35. The molecular weight excluding hydrogens is 276 g/mol. The fraction of sp³-hybridized carbons (Fsp3) is 0.929. The van der Waals surface area contributed by atoms with Crippen molar-refractivity contribution in [3.8, 4) is 0 Å². The predicted molar refractivity (Wildman–Crippen MR) is 80.4 cm³/mol. The van der Waals surface area contributed by atoms with Crippen LogP contribution in [0.1, 0.15) is 41.0 Å². The second-order valence-corrected chi connectivity index (χ2v) is 9.56. The summed E-state index contributed by atoms with van der Waals surface area (Å²) in [6.07, 6.45) is 1.62. The molecule has 1 amide bonds. The summed E-state index contributed by atoms with van der Waals surface area (Å²) < 4.78 is 18.8. The molecule has 2 rings (SSSR count). The molecule has 1 saturated carbocycles. The molecule has 0 aromatic carbocycles. The van der Waals surface area contributed by atoms with E-state index in [2.05, 4.69) is 44.7 Å². The molecule has 1 heterocycles. The summed E-state index contributed by atoms with van der Waals surface area (Å²) in [6, 6.07) is 0. The van der Waals surface area contributed by atoms with E-state index in [1.165, 1.54) is 0 Å². The van der Waals surface area contributed by atoms with Crippen molar-refractivity contribution in [2.24, 2.45) is 27.8 Å². The van der Waals surface area contributed by atoms with Gasteiger partial charge in [-0.2, -0.15) is 0 Å². The Bertz CT molecular complexity index is 455. The number of piperidine rings is 1. The third-order valence-corrected chi connectivity index (χ3v) is 4.16. The summed E-state index contributed by atoms with van der Waals surface area (Å²) >= 11 is 0. The number of likely N-dealkylation sites (tertiary alicyclic amines) is 1. The van der Waals surface area contributed by atoms with Gasteiger partial charge in [0.15, 0.2) is 0 Å². The van der Waals surface area contributed by atoms with E-state index in [0.29, 0.717) is 17.7 Å². The highest BCUT2D eigenvalue weighted by Gasteiger charge is 2.62. The van der Waals surface area contributed by atoms with E-state index in [1.54, 1.807) is 0 Å². The molecule has 20 heavy (non-hydrogen) atoms. The van der Waals surface area contributed by atoms with Crippen LogP contribution in [0.25, 0.3) is 0 Å². The van der Waals surface area contributed by atoms with Crippen LogP contribution in [-0.2, 0) is 14.8 Å². The fourth-order valence-electron chi connectivity index (χ4n) is 2.90. The number of carbonyl (C=O) groups excluding carboxylic acids is 1. The molecule has 0 bridgehead atoms. The number of nitrogens with two attached hydrogens (primary N) is 1. The normalized spacial score (nSPS) is 27.4. The van der Waals surface area contributed by atoms with Gasteiger partial charge in [-0.15, -0.1) is 0 Å². The Morgan fingerprint density at radius 1 is 1.25 bits per heavy atom. The lowest BCUT2D eigenvalue weighted by molar-refractivity contribution is -0.132.